The molecule has 2 aliphatic carbocycles. The molecule has 0 saturated heterocycles. The van der Waals surface area contributed by atoms with Crippen LogP contribution < -0.4 is 5.32 Å². The zero-order valence-electron chi connectivity index (χ0n) is 26.2. The van der Waals surface area contributed by atoms with E-state index in [1.54, 1.807) is 0 Å². The lowest BCUT2D eigenvalue weighted by atomic mass is 9.82. The fraction of sp³-hybridized carbons (Fsp3) is 0.140. The fourth-order valence-electron chi connectivity index (χ4n) is 7.76. The van der Waals surface area contributed by atoms with E-state index in [1.807, 2.05) is 6.20 Å². The number of hydrogen-bond acceptors (Lipinski definition) is 2. The summed E-state index contributed by atoms with van der Waals surface area (Å²) in [7, 11) is 0. The Morgan fingerprint density at radius 2 is 1.50 bits per heavy atom. The minimum atomic E-state index is -0.262. The summed E-state index contributed by atoms with van der Waals surface area (Å²) in [6, 6.07) is 40.2. The van der Waals surface area contributed by atoms with E-state index in [0.29, 0.717) is 0 Å². The minimum Gasteiger partial charge on any atom is -0.353 e. The third-order valence-electron chi connectivity index (χ3n) is 10.2. The largest absolute Gasteiger partial charge is 0.353 e. The molecular formula is C43H35N3. The van der Waals surface area contributed by atoms with Gasteiger partial charge in [0, 0.05) is 22.4 Å². The molecule has 222 valence electrons. The van der Waals surface area contributed by atoms with Gasteiger partial charge in [0.2, 0.25) is 6.29 Å². The van der Waals surface area contributed by atoms with Crippen LogP contribution in [0, 0.1) is 0 Å². The van der Waals surface area contributed by atoms with Crippen molar-refractivity contribution in [2.75, 3.05) is 0 Å². The van der Waals surface area contributed by atoms with Crippen molar-refractivity contribution in [2.24, 2.45) is 4.99 Å². The molecule has 3 nitrogen and oxygen atoms in total. The van der Waals surface area contributed by atoms with Crippen molar-refractivity contribution >= 4 is 33.1 Å². The quantitative estimate of drug-likeness (QED) is 0.216. The monoisotopic (exact) mass is 593 g/mol. The van der Waals surface area contributed by atoms with E-state index in [1.165, 1.54) is 66.3 Å². The highest BCUT2D eigenvalue weighted by molar-refractivity contribution is 6.12. The summed E-state index contributed by atoms with van der Waals surface area (Å²) >= 11 is 0. The third-order valence-corrected chi connectivity index (χ3v) is 10.2. The van der Waals surface area contributed by atoms with E-state index < -0.39 is 0 Å². The molecule has 9 rings (SSSR count). The maximum atomic E-state index is 5.31. The van der Waals surface area contributed by atoms with Gasteiger partial charge < -0.3 is 9.88 Å². The Morgan fingerprint density at radius 1 is 0.696 bits per heavy atom. The van der Waals surface area contributed by atoms with Crippen LogP contribution in [-0.2, 0) is 5.41 Å². The Kier molecular flexibility index (Phi) is 6.04. The number of allylic oxidation sites excluding steroid dienone is 5. The summed E-state index contributed by atoms with van der Waals surface area (Å²) < 4.78 is 2.38. The molecule has 0 spiro atoms. The van der Waals surface area contributed by atoms with Gasteiger partial charge in [-0.2, -0.15) is 0 Å². The molecule has 0 fully saturated rings. The Balaban J connectivity index is 1.11. The molecule has 2 heterocycles. The van der Waals surface area contributed by atoms with E-state index in [2.05, 4.69) is 157 Å². The van der Waals surface area contributed by atoms with Gasteiger partial charge in [-0.1, -0.05) is 117 Å². The molecule has 1 unspecified atom stereocenters. The zero-order chi connectivity index (χ0) is 30.8. The standard InChI is InChI=1S/C43H35N3/c1-43(2)37-17-8-6-15-33(37)35-26-36-34-16-7-9-18-40(34)46(41(36)27-38(35)43)42-44-24-23-39(45-42)30-21-19-29(20-22-30)32-14-10-13-31(25-32)28-11-4-3-5-12-28/h3-4,6-11,13-27,42,44H,5,12H2,1-2H3. The van der Waals surface area contributed by atoms with Crippen LogP contribution in [0.15, 0.2) is 145 Å². The molecule has 0 bridgehead atoms. The lowest BCUT2D eigenvalue weighted by Gasteiger charge is -2.24. The number of aliphatic imine (C=N–C) groups is 1. The first-order chi connectivity index (χ1) is 22.6. The zero-order valence-corrected chi connectivity index (χ0v) is 26.2. The topological polar surface area (TPSA) is 29.3 Å². The van der Waals surface area contributed by atoms with Crippen LogP contribution in [0.4, 0.5) is 0 Å². The second-order valence-electron chi connectivity index (χ2n) is 13.2. The predicted octanol–water partition coefficient (Wildman–Crippen LogP) is 10.6. The normalized spacial score (nSPS) is 17.8. The average Bonchev–Trinajstić information content (AvgIpc) is 3.56. The molecule has 5 aromatic carbocycles. The lowest BCUT2D eigenvalue weighted by Crippen LogP contribution is -2.25. The first-order valence-electron chi connectivity index (χ1n) is 16.3. The van der Waals surface area contributed by atoms with E-state index in [-0.39, 0.29) is 11.7 Å². The van der Waals surface area contributed by atoms with Gasteiger partial charge in [-0.05, 0) is 93.3 Å². The van der Waals surface area contributed by atoms with Gasteiger partial charge in [0.25, 0.3) is 0 Å². The molecule has 46 heavy (non-hydrogen) atoms. The maximum absolute atomic E-state index is 5.31. The molecule has 1 aliphatic heterocycles. The first-order valence-corrected chi connectivity index (χ1v) is 16.3. The number of benzene rings is 5. The first kappa shape index (κ1) is 26.9. The summed E-state index contributed by atoms with van der Waals surface area (Å²) in [4.78, 5) is 5.31. The number of rotatable bonds is 4. The van der Waals surface area contributed by atoms with E-state index in [0.717, 1.165) is 24.1 Å². The fourth-order valence-corrected chi connectivity index (χ4v) is 7.76. The highest BCUT2D eigenvalue weighted by Crippen LogP contribution is 2.51. The maximum Gasteiger partial charge on any atom is 0.201 e. The summed E-state index contributed by atoms with van der Waals surface area (Å²) in [5, 5.41) is 6.09. The summed E-state index contributed by atoms with van der Waals surface area (Å²) in [5.74, 6) is 0. The molecule has 0 radical (unpaired) electrons. The van der Waals surface area contributed by atoms with Crippen molar-refractivity contribution in [3.8, 4) is 22.3 Å². The van der Waals surface area contributed by atoms with Crippen molar-refractivity contribution in [1.82, 2.24) is 9.88 Å². The van der Waals surface area contributed by atoms with Crippen LogP contribution in [0.5, 0.6) is 0 Å². The Morgan fingerprint density at radius 3 is 2.37 bits per heavy atom. The highest BCUT2D eigenvalue weighted by atomic mass is 15.3. The van der Waals surface area contributed by atoms with Gasteiger partial charge in [-0.25, -0.2) is 4.99 Å². The van der Waals surface area contributed by atoms with E-state index >= 15 is 0 Å². The van der Waals surface area contributed by atoms with Gasteiger partial charge >= 0.3 is 0 Å². The van der Waals surface area contributed by atoms with Gasteiger partial charge in [-0.15, -0.1) is 0 Å². The highest BCUT2D eigenvalue weighted by Gasteiger charge is 2.36. The molecule has 0 saturated carbocycles. The molecule has 1 N–H and O–H groups in total. The number of aromatic nitrogens is 1. The molecule has 6 aromatic rings. The number of hydrogen-bond donors (Lipinski definition) is 1. The van der Waals surface area contributed by atoms with Crippen molar-refractivity contribution in [2.45, 2.75) is 38.4 Å². The van der Waals surface area contributed by atoms with Crippen LogP contribution in [0.1, 0.15) is 55.2 Å². The Labute approximate surface area is 269 Å². The van der Waals surface area contributed by atoms with Crippen molar-refractivity contribution < 1.29 is 0 Å². The minimum absolute atomic E-state index is 0.0681. The van der Waals surface area contributed by atoms with Crippen molar-refractivity contribution in [1.29, 1.82) is 0 Å². The number of para-hydroxylation sites is 1. The molecule has 3 aliphatic rings. The van der Waals surface area contributed by atoms with Crippen molar-refractivity contribution in [3.05, 3.63) is 162 Å². The third kappa shape index (κ3) is 4.15. The summed E-state index contributed by atoms with van der Waals surface area (Å²) in [6.45, 7) is 4.69. The predicted molar refractivity (Wildman–Crippen MR) is 193 cm³/mol. The second-order valence-corrected chi connectivity index (χ2v) is 13.2. The van der Waals surface area contributed by atoms with E-state index in [4.69, 9.17) is 4.99 Å². The summed E-state index contributed by atoms with van der Waals surface area (Å²) in [5.41, 5.74) is 15.0. The number of fused-ring (bicyclic) bond motifs is 6. The summed E-state index contributed by atoms with van der Waals surface area (Å²) in [6.07, 6.45) is 12.7. The molecular weight excluding hydrogens is 558 g/mol. The SMILES string of the molecule is CC1(C)c2ccccc2-c2cc3c4ccccc4n(C4N=C(c5ccc(-c6cccc(C7=CC=CCC7)c6)cc5)C=CN4)c3cc21. The van der Waals surface area contributed by atoms with Crippen LogP contribution in [0.3, 0.4) is 0 Å². The number of nitrogens with one attached hydrogen (secondary N) is 1. The van der Waals surface area contributed by atoms with Gasteiger partial charge in [0.05, 0.1) is 16.7 Å². The molecule has 1 atom stereocenters. The second kappa shape index (κ2) is 10.3. The molecule has 1 aromatic heterocycles. The van der Waals surface area contributed by atoms with E-state index in [9.17, 15) is 0 Å². The van der Waals surface area contributed by atoms with Crippen LogP contribution in [0.25, 0.3) is 49.6 Å². The average molecular weight is 594 g/mol. The smallest absolute Gasteiger partial charge is 0.201 e. The lowest BCUT2D eigenvalue weighted by molar-refractivity contribution is 0.498. The van der Waals surface area contributed by atoms with Crippen LogP contribution >= 0.6 is 0 Å². The Bertz CT molecular complexity index is 2310. The van der Waals surface area contributed by atoms with Gasteiger partial charge in [0.1, 0.15) is 0 Å². The van der Waals surface area contributed by atoms with Crippen LogP contribution in [-0.4, -0.2) is 10.3 Å². The molecule has 0 amide bonds. The van der Waals surface area contributed by atoms with Gasteiger partial charge in [-0.3, -0.25) is 0 Å². The van der Waals surface area contributed by atoms with Gasteiger partial charge in [0.15, 0.2) is 0 Å². The van der Waals surface area contributed by atoms with Crippen LogP contribution in [0.2, 0.25) is 0 Å². The number of nitrogens with zero attached hydrogens (tertiary/aromatic N) is 2. The van der Waals surface area contributed by atoms with Crippen molar-refractivity contribution in [3.63, 3.8) is 0 Å². The molecule has 3 heteroatoms. The Hall–Kier alpha value is -5.41.